The smallest absolute Gasteiger partial charge is 0.240 e. The van der Waals surface area contributed by atoms with Crippen molar-refractivity contribution in [3.8, 4) is 0 Å². The zero-order chi connectivity index (χ0) is 13.8. The summed E-state index contributed by atoms with van der Waals surface area (Å²) >= 11 is 0. The molecule has 1 heterocycles. The lowest BCUT2D eigenvalue weighted by molar-refractivity contribution is -0.139. The third-order valence-corrected chi connectivity index (χ3v) is 3.92. The quantitative estimate of drug-likeness (QED) is 0.794. The van der Waals surface area contributed by atoms with E-state index in [0.717, 1.165) is 19.6 Å². The molecule has 116 valence electrons. The first-order valence-electron chi connectivity index (χ1n) is 7.38. The van der Waals surface area contributed by atoms with Crippen LogP contribution in [0.1, 0.15) is 39.5 Å². The molecule has 6 heteroatoms. The molecule has 1 saturated carbocycles. The Bertz CT molecular complexity index is 345. The molecule has 2 rings (SSSR count). The molecular formula is C14H26ClN3O2. The summed E-state index contributed by atoms with van der Waals surface area (Å²) in [6.07, 6.45) is 4.04. The maximum Gasteiger partial charge on any atom is 0.240 e. The van der Waals surface area contributed by atoms with Gasteiger partial charge in [-0.2, -0.15) is 0 Å². The predicted molar refractivity (Wildman–Crippen MR) is 80.9 cm³/mol. The molecule has 1 unspecified atom stereocenters. The Morgan fingerprint density at radius 1 is 1.45 bits per heavy atom. The van der Waals surface area contributed by atoms with E-state index < -0.39 is 0 Å². The van der Waals surface area contributed by atoms with Gasteiger partial charge in [0.05, 0.1) is 12.5 Å². The van der Waals surface area contributed by atoms with E-state index in [2.05, 4.69) is 10.6 Å². The van der Waals surface area contributed by atoms with E-state index in [0.29, 0.717) is 5.92 Å². The van der Waals surface area contributed by atoms with Crippen LogP contribution in [0.3, 0.4) is 0 Å². The molecule has 1 atom stereocenters. The van der Waals surface area contributed by atoms with Crippen LogP contribution in [0.4, 0.5) is 0 Å². The average molecular weight is 304 g/mol. The second-order valence-corrected chi connectivity index (χ2v) is 6.01. The van der Waals surface area contributed by atoms with Crippen molar-refractivity contribution in [1.82, 2.24) is 15.5 Å². The normalized spacial score (nSPS) is 23.2. The van der Waals surface area contributed by atoms with Crippen LogP contribution in [0.2, 0.25) is 0 Å². The van der Waals surface area contributed by atoms with E-state index in [9.17, 15) is 9.59 Å². The van der Waals surface area contributed by atoms with Crippen LogP contribution in [0.5, 0.6) is 0 Å². The fraction of sp³-hybridized carbons (Fsp3) is 0.857. The van der Waals surface area contributed by atoms with E-state index in [1.165, 1.54) is 19.3 Å². The number of halogens is 1. The third-order valence-electron chi connectivity index (χ3n) is 3.92. The molecule has 5 nitrogen and oxygen atoms in total. The molecule has 2 N–H and O–H groups in total. The highest BCUT2D eigenvalue weighted by molar-refractivity contribution is 5.89. The fourth-order valence-electron chi connectivity index (χ4n) is 2.69. The summed E-state index contributed by atoms with van der Waals surface area (Å²) < 4.78 is 0. The number of carbonyl (C=O) groups excluding carboxylic acids is 2. The number of amides is 2. The van der Waals surface area contributed by atoms with Crippen LogP contribution in [-0.4, -0.2) is 48.4 Å². The molecule has 0 bridgehead atoms. The molecule has 2 aliphatic rings. The fourth-order valence-corrected chi connectivity index (χ4v) is 2.69. The highest BCUT2D eigenvalue weighted by Crippen LogP contribution is 2.27. The largest absolute Gasteiger partial charge is 0.354 e. The minimum atomic E-state index is -0.340. The van der Waals surface area contributed by atoms with Crippen LogP contribution in [0.15, 0.2) is 0 Å². The Morgan fingerprint density at radius 3 is 2.70 bits per heavy atom. The number of rotatable bonds is 5. The molecule has 0 aromatic heterocycles. The highest BCUT2D eigenvalue weighted by atomic mass is 35.5. The van der Waals surface area contributed by atoms with Crippen LogP contribution in [-0.2, 0) is 9.59 Å². The number of nitrogens with one attached hydrogen (secondary N) is 2. The maximum absolute atomic E-state index is 12.3. The lowest BCUT2D eigenvalue weighted by Crippen LogP contribution is -2.57. The first-order valence-corrected chi connectivity index (χ1v) is 7.38. The van der Waals surface area contributed by atoms with Crippen molar-refractivity contribution < 1.29 is 9.59 Å². The van der Waals surface area contributed by atoms with Gasteiger partial charge in [-0.3, -0.25) is 9.59 Å². The number of hydrogen-bond donors (Lipinski definition) is 2. The van der Waals surface area contributed by atoms with Crippen LogP contribution in [0, 0.1) is 5.92 Å². The minimum absolute atomic E-state index is 0. The van der Waals surface area contributed by atoms with Crippen molar-refractivity contribution >= 4 is 24.2 Å². The summed E-state index contributed by atoms with van der Waals surface area (Å²) in [5, 5.41) is 6.00. The molecule has 0 aromatic rings. The molecule has 1 saturated heterocycles. The second kappa shape index (κ2) is 7.84. The minimum Gasteiger partial charge on any atom is -0.354 e. The molecule has 2 amide bonds. The SMILES string of the molecule is CC(C)NC(=O)CC1NCCN(CC2CCC2)C1=O.Cl. The Morgan fingerprint density at radius 2 is 2.15 bits per heavy atom. The molecule has 0 spiro atoms. The van der Waals surface area contributed by atoms with Gasteiger partial charge < -0.3 is 15.5 Å². The zero-order valence-corrected chi connectivity index (χ0v) is 13.2. The first-order chi connectivity index (χ1) is 9.06. The van der Waals surface area contributed by atoms with Crippen molar-refractivity contribution in [2.24, 2.45) is 5.92 Å². The van der Waals surface area contributed by atoms with Gasteiger partial charge in [-0.25, -0.2) is 0 Å². The van der Waals surface area contributed by atoms with Gasteiger partial charge in [0.1, 0.15) is 0 Å². The van der Waals surface area contributed by atoms with Gasteiger partial charge in [0.2, 0.25) is 11.8 Å². The number of piperazine rings is 1. The van der Waals surface area contributed by atoms with Crippen molar-refractivity contribution in [3.63, 3.8) is 0 Å². The van der Waals surface area contributed by atoms with Gasteiger partial charge in [0.25, 0.3) is 0 Å². The second-order valence-electron chi connectivity index (χ2n) is 6.01. The van der Waals surface area contributed by atoms with E-state index in [1.54, 1.807) is 0 Å². The summed E-state index contributed by atoms with van der Waals surface area (Å²) in [5.41, 5.74) is 0. The first kappa shape index (κ1) is 17.2. The van der Waals surface area contributed by atoms with Crippen LogP contribution < -0.4 is 10.6 Å². The summed E-state index contributed by atoms with van der Waals surface area (Å²) in [6, 6.07) is -0.218. The Hall–Kier alpha value is -0.810. The average Bonchev–Trinajstić information content (AvgIpc) is 2.26. The van der Waals surface area contributed by atoms with Crippen molar-refractivity contribution in [2.75, 3.05) is 19.6 Å². The maximum atomic E-state index is 12.3. The van der Waals surface area contributed by atoms with Crippen molar-refractivity contribution in [2.45, 2.75) is 51.6 Å². The molecule has 2 fully saturated rings. The predicted octanol–water partition coefficient (Wildman–Crippen LogP) is 0.923. The van der Waals surface area contributed by atoms with E-state index in [4.69, 9.17) is 0 Å². The van der Waals surface area contributed by atoms with Gasteiger partial charge in [0, 0.05) is 25.7 Å². The van der Waals surface area contributed by atoms with Gasteiger partial charge in [0.15, 0.2) is 0 Å². The monoisotopic (exact) mass is 303 g/mol. The number of nitrogens with zero attached hydrogens (tertiary/aromatic N) is 1. The summed E-state index contributed by atoms with van der Waals surface area (Å²) in [7, 11) is 0. The molecule has 1 aliphatic heterocycles. The van der Waals surface area contributed by atoms with Crippen LogP contribution in [0.25, 0.3) is 0 Å². The Balaban J connectivity index is 0.00000200. The van der Waals surface area contributed by atoms with E-state index >= 15 is 0 Å². The van der Waals surface area contributed by atoms with E-state index in [-0.39, 0.29) is 42.7 Å². The van der Waals surface area contributed by atoms with Gasteiger partial charge in [-0.1, -0.05) is 6.42 Å². The lowest BCUT2D eigenvalue weighted by Gasteiger charge is -2.37. The van der Waals surface area contributed by atoms with Gasteiger partial charge >= 0.3 is 0 Å². The Kier molecular flexibility index (Phi) is 6.76. The standard InChI is InChI=1S/C14H25N3O2.ClH/c1-10(2)16-13(18)8-12-14(19)17(7-6-15-12)9-11-4-3-5-11;/h10-12,15H,3-9H2,1-2H3,(H,16,18);1H. The van der Waals surface area contributed by atoms with Gasteiger partial charge in [-0.15, -0.1) is 12.4 Å². The summed E-state index contributed by atoms with van der Waals surface area (Å²) in [5.74, 6) is 0.732. The molecule has 0 radical (unpaired) electrons. The number of hydrogen-bond acceptors (Lipinski definition) is 3. The molecule has 20 heavy (non-hydrogen) atoms. The molecule has 0 aromatic carbocycles. The summed E-state index contributed by atoms with van der Waals surface area (Å²) in [6.45, 7) is 6.30. The third kappa shape index (κ3) is 4.63. The lowest BCUT2D eigenvalue weighted by atomic mass is 9.85. The van der Waals surface area contributed by atoms with Crippen molar-refractivity contribution in [3.05, 3.63) is 0 Å². The van der Waals surface area contributed by atoms with Crippen LogP contribution >= 0.6 is 12.4 Å². The summed E-state index contributed by atoms with van der Waals surface area (Å²) in [4.78, 5) is 26.0. The molecular weight excluding hydrogens is 278 g/mol. The Labute approximate surface area is 127 Å². The van der Waals surface area contributed by atoms with Crippen molar-refractivity contribution in [1.29, 1.82) is 0 Å². The van der Waals surface area contributed by atoms with Gasteiger partial charge in [-0.05, 0) is 32.6 Å². The van der Waals surface area contributed by atoms with E-state index in [1.807, 2.05) is 18.7 Å². The topological polar surface area (TPSA) is 61.4 Å². The molecule has 1 aliphatic carbocycles. The highest BCUT2D eigenvalue weighted by Gasteiger charge is 2.32. The zero-order valence-electron chi connectivity index (χ0n) is 12.4. The number of carbonyl (C=O) groups is 2.